The topological polar surface area (TPSA) is 94.8 Å². The van der Waals surface area contributed by atoms with E-state index in [0.717, 1.165) is 17.5 Å². The molecule has 0 saturated heterocycles. The highest BCUT2D eigenvalue weighted by Gasteiger charge is 2.23. The van der Waals surface area contributed by atoms with Crippen LogP contribution >= 0.6 is 0 Å². The number of aromatic nitrogens is 5. The number of nitrogens with one attached hydrogen (secondary N) is 1. The molecule has 3 aromatic heterocycles. The number of hydrogen-bond acceptors (Lipinski definition) is 7. The predicted molar refractivity (Wildman–Crippen MR) is 98.6 cm³/mol. The lowest BCUT2D eigenvalue weighted by molar-refractivity contribution is -0.141. The summed E-state index contributed by atoms with van der Waals surface area (Å²) in [5, 5.41) is 8.46. The molecule has 3 rings (SSSR count). The number of fused-ring (bicyclic) bond motifs is 1. The first-order chi connectivity index (χ1) is 12.5. The molecule has 0 spiro atoms. The molecule has 0 unspecified atom stereocenters. The number of carbonyl (C=O) groups is 1. The highest BCUT2D eigenvalue weighted by molar-refractivity contribution is 5.92. The van der Waals surface area contributed by atoms with Gasteiger partial charge in [-0.25, -0.2) is 14.8 Å². The fourth-order valence-electron chi connectivity index (χ4n) is 2.90. The third-order valence-corrected chi connectivity index (χ3v) is 4.13. The predicted octanol–water partition coefficient (Wildman–Crippen LogP) is 2.49. The quantitative estimate of drug-likeness (QED) is 0.680. The zero-order chi connectivity index (χ0) is 18.7. The van der Waals surface area contributed by atoms with Crippen molar-refractivity contribution in [1.29, 1.82) is 0 Å². The van der Waals surface area contributed by atoms with Gasteiger partial charge in [0.05, 0.1) is 18.2 Å². The number of pyridine rings is 1. The monoisotopic (exact) mass is 354 g/mol. The van der Waals surface area contributed by atoms with Crippen LogP contribution in [0.3, 0.4) is 0 Å². The van der Waals surface area contributed by atoms with Crippen molar-refractivity contribution in [2.24, 2.45) is 7.05 Å². The molecular weight excluding hydrogens is 332 g/mol. The summed E-state index contributed by atoms with van der Waals surface area (Å²) in [7, 11) is 3.22. The van der Waals surface area contributed by atoms with Crippen molar-refractivity contribution in [3.8, 4) is 11.5 Å². The number of carbonyl (C=O) groups excluding carboxylic acids is 1. The van der Waals surface area contributed by atoms with E-state index in [9.17, 15) is 4.79 Å². The number of ether oxygens (including phenoxy) is 1. The van der Waals surface area contributed by atoms with E-state index in [4.69, 9.17) is 4.74 Å². The number of nitrogens with zero attached hydrogens (tertiary/aromatic N) is 5. The summed E-state index contributed by atoms with van der Waals surface area (Å²) < 4.78 is 6.63. The molecule has 8 nitrogen and oxygen atoms in total. The van der Waals surface area contributed by atoms with Gasteiger partial charge < -0.3 is 10.1 Å². The molecule has 0 radical (unpaired) electrons. The van der Waals surface area contributed by atoms with E-state index in [0.29, 0.717) is 29.4 Å². The standard InChI is InChI=1S/C18H22N6O2/c1-5-8-13(18(25)26-4)20-16-14-11(2)23-24(3)17(14)22-15(21-16)12-9-6-7-10-19-12/h6-7,9-10,13H,5,8H2,1-4H3,(H,20,21,22)/t13-/m1/s1. The molecule has 0 aromatic carbocycles. The Morgan fingerprint density at radius 1 is 1.35 bits per heavy atom. The van der Waals surface area contributed by atoms with Crippen LogP contribution in [-0.2, 0) is 16.6 Å². The van der Waals surface area contributed by atoms with Crippen molar-refractivity contribution >= 4 is 22.8 Å². The smallest absolute Gasteiger partial charge is 0.328 e. The Labute approximate surface area is 151 Å². The zero-order valence-electron chi connectivity index (χ0n) is 15.4. The molecule has 26 heavy (non-hydrogen) atoms. The Balaban J connectivity index is 2.14. The first-order valence-electron chi connectivity index (χ1n) is 8.52. The summed E-state index contributed by atoms with van der Waals surface area (Å²) in [5.74, 6) is 0.716. The van der Waals surface area contributed by atoms with Crippen molar-refractivity contribution in [3.05, 3.63) is 30.1 Å². The molecule has 3 heterocycles. The molecule has 1 N–H and O–H groups in total. The highest BCUT2D eigenvalue weighted by atomic mass is 16.5. The summed E-state index contributed by atoms with van der Waals surface area (Å²) in [4.78, 5) is 25.7. The average molecular weight is 354 g/mol. The average Bonchev–Trinajstić information content (AvgIpc) is 2.95. The van der Waals surface area contributed by atoms with E-state index in [1.165, 1.54) is 7.11 Å². The number of methoxy groups -OCH3 is 1. The number of aryl methyl sites for hydroxylation is 2. The van der Waals surface area contributed by atoms with E-state index in [1.807, 2.05) is 39.1 Å². The van der Waals surface area contributed by atoms with E-state index in [2.05, 4.69) is 25.4 Å². The second-order valence-electron chi connectivity index (χ2n) is 6.03. The van der Waals surface area contributed by atoms with Crippen LogP contribution in [0.4, 0.5) is 5.82 Å². The van der Waals surface area contributed by atoms with Gasteiger partial charge in [0, 0.05) is 13.2 Å². The van der Waals surface area contributed by atoms with Crippen LogP contribution in [0.1, 0.15) is 25.5 Å². The summed E-state index contributed by atoms with van der Waals surface area (Å²) in [6.07, 6.45) is 3.16. The van der Waals surface area contributed by atoms with Gasteiger partial charge >= 0.3 is 5.97 Å². The molecule has 0 bridgehead atoms. The lowest BCUT2D eigenvalue weighted by Gasteiger charge is -2.17. The lowest BCUT2D eigenvalue weighted by atomic mass is 10.1. The van der Waals surface area contributed by atoms with Crippen LogP contribution in [0, 0.1) is 6.92 Å². The molecule has 0 aliphatic heterocycles. The van der Waals surface area contributed by atoms with Gasteiger partial charge in [0.2, 0.25) is 0 Å². The van der Waals surface area contributed by atoms with Crippen LogP contribution in [0.5, 0.6) is 0 Å². The van der Waals surface area contributed by atoms with Crippen LogP contribution < -0.4 is 5.32 Å². The van der Waals surface area contributed by atoms with Crippen LogP contribution in [0.15, 0.2) is 24.4 Å². The summed E-state index contributed by atoms with van der Waals surface area (Å²) in [6, 6.07) is 5.08. The molecule has 0 aliphatic rings. The first-order valence-corrected chi connectivity index (χ1v) is 8.52. The van der Waals surface area contributed by atoms with Crippen molar-refractivity contribution in [2.45, 2.75) is 32.7 Å². The van der Waals surface area contributed by atoms with E-state index in [-0.39, 0.29) is 5.97 Å². The minimum atomic E-state index is -0.487. The second-order valence-corrected chi connectivity index (χ2v) is 6.03. The molecule has 1 atom stereocenters. The minimum Gasteiger partial charge on any atom is -0.467 e. The van der Waals surface area contributed by atoms with Gasteiger partial charge in [-0.3, -0.25) is 9.67 Å². The van der Waals surface area contributed by atoms with Gasteiger partial charge in [-0.05, 0) is 25.5 Å². The van der Waals surface area contributed by atoms with Gasteiger partial charge in [-0.2, -0.15) is 5.10 Å². The molecule has 0 saturated carbocycles. The van der Waals surface area contributed by atoms with Crippen LogP contribution in [0.25, 0.3) is 22.6 Å². The Hall–Kier alpha value is -3.03. The van der Waals surface area contributed by atoms with E-state index < -0.39 is 6.04 Å². The van der Waals surface area contributed by atoms with Crippen molar-refractivity contribution in [2.75, 3.05) is 12.4 Å². The third kappa shape index (κ3) is 3.35. The zero-order valence-corrected chi connectivity index (χ0v) is 15.4. The molecule has 0 amide bonds. The molecule has 8 heteroatoms. The van der Waals surface area contributed by atoms with Crippen LogP contribution in [-0.4, -0.2) is 43.9 Å². The van der Waals surface area contributed by atoms with Crippen molar-refractivity contribution in [1.82, 2.24) is 24.7 Å². The number of esters is 1. The maximum atomic E-state index is 12.1. The maximum absolute atomic E-state index is 12.1. The highest BCUT2D eigenvalue weighted by Crippen LogP contribution is 2.27. The Kier molecular flexibility index (Phi) is 5.11. The fourth-order valence-corrected chi connectivity index (χ4v) is 2.90. The minimum absolute atomic E-state index is 0.320. The number of hydrogen-bond donors (Lipinski definition) is 1. The van der Waals surface area contributed by atoms with Gasteiger partial charge in [-0.1, -0.05) is 19.4 Å². The van der Waals surface area contributed by atoms with Crippen molar-refractivity contribution in [3.63, 3.8) is 0 Å². The lowest BCUT2D eigenvalue weighted by Crippen LogP contribution is -2.31. The molecular formula is C18H22N6O2. The van der Waals surface area contributed by atoms with Crippen LogP contribution in [0.2, 0.25) is 0 Å². The largest absolute Gasteiger partial charge is 0.467 e. The molecule has 136 valence electrons. The molecule has 3 aromatic rings. The summed E-state index contributed by atoms with van der Waals surface area (Å²) >= 11 is 0. The molecule has 0 aliphatic carbocycles. The Morgan fingerprint density at radius 2 is 2.15 bits per heavy atom. The van der Waals surface area contributed by atoms with E-state index in [1.54, 1.807) is 10.9 Å². The number of anilines is 1. The second kappa shape index (κ2) is 7.47. The Bertz CT molecular complexity index is 922. The summed E-state index contributed by atoms with van der Waals surface area (Å²) in [5.41, 5.74) is 2.12. The normalized spacial score (nSPS) is 12.2. The number of rotatable bonds is 6. The van der Waals surface area contributed by atoms with Gasteiger partial charge in [0.25, 0.3) is 0 Å². The first kappa shape index (κ1) is 17.8. The fraction of sp³-hybridized carbons (Fsp3) is 0.389. The van der Waals surface area contributed by atoms with Gasteiger partial charge in [-0.15, -0.1) is 0 Å². The summed E-state index contributed by atoms with van der Waals surface area (Å²) in [6.45, 7) is 3.91. The third-order valence-electron chi connectivity index (χ3n) is 4.13. The maximum Gasteiger partial charge on any atom is 0.328 e. The Morgan fingerprint density at radius 3 is 2.81 bits per heavy atom. The van der Waals surface area contributed by atoms with Crippen molar-refractivity contribution < 1.29 is 9.53 Å². The van der Waals surface area contributed by atoms with E-state index >= 15 is 0 Å². The van der Waals surface area contributed by atoms with Gasteiger partial charge in [0.15, 0.2) is 11.5 Å². The van der Waals surface area contributed by atoms with Gasteiger partial charge in [0.1, 0.15) is 17.6 Å². The molecule has 0 fully saturated rings. The SMILES string of the molecule is CCC[C@@H](Nc1nc(-c2ccccn2)nc2c1c(C)nn2C)C(=O)OC.